The summed E-state index contributed by atoms with van der Waals surface area (Å²) in [6.45, 7) is 2.17. The molecule has 0 radical (unpaired) electrons. The Balaban J connectivity index is 2.38. The Labute approximate surface area is 144 Å². The van der Waals surface area contributed by atoms with E-state index in [0.717, 1.165) is 10.4 Å². The Morgan fingerprint density at radius 2 is 2.04 bits per heavy atom. The predicted molar refractivity (Wildman–Crippen MR) is 90.5 cm³/mol. The lowest BCUT2D eigenvalue weighted by Crippen LogP contribution is -2.27. The molecule has 23 heavy (non-hydrogen) atoms. The van der Waals surface area contributed by atoms with Crippen LogP contribution in [-0.2, 0) is 21.3 Å². The number of aryl methyl sites for hydroxylation is 1. The molecule has 0 saturated heterocycles. The molecule has 0 aliphatic carbocycles. The molecule has 1 aromatic heterocycles. The van der Waals surface area contributed by atoms with E-state index in [1.807, 2.05) is 18.4 Å². The average molecular weight is 374 g/mol. The van der Waals surface area contributed by atoms with Crippen molar-refractivity contribution in [3.8, 4) is 0 Å². The van der Waals surface area contributed by atoms with Crippen LogP contribution in [0.1, 0.15) is 20.8 Å². The maximum Gasteiger partial charge on any atom is 0.337 e. The quantitative estimate of drug-likeness (QED) is 0.754. The highest BCUT2D eigenvalue weighted by Crippen LogP contribution is 2.27. The van der Waals surface area contributed by atoms with Gasteiger partial charge in [0.2, 0.25) is 10.0 Å². The molecule has 0 atom stereocenters. The highest BCUT2D eigenvalue weighted by molar-refractivity contribution is 7.89. The first-order chi connectivity index (χ1) is 10.8. The number of hydrogen-bond donors (Lipinski definition) is 0. The first kappa shape index (κ1) is 17.9. The molecule has 0 unspecified atom stereocenters. The first-order valence-electron chi connectivity index (χ1n) is 6.64. The van der Waals surface area contributed by atoms with Crippen LogP contribution in [0.4, 0.5) is 0 Å². The molecule has 0 N–H and O–H groups in total. The first-order valence-corrected chi connectivity index (χ1v) is 9.34. The Morgan fingerprint density at radius 1 is 1.35 bits per heavy atom. The fraction of sp³-hybridized carbons (Fsp3) is 0.267. The number of benzene rings is 1. The molecule has 1 aromatic carbocycles. The Hall–Kier alpha value is -1.41. The molecule has 0 fully saturated rings. The summed E-state index contributed by atoms with van der Waals surface area (Å²) in [5.41, 5.74) is 1.17. The number of halogens is 1. The predicted octanol–water partition coefficient (Wildman–Crippen LogP) is 3.32. The van der Waals surface area contributed by atoms with Gasteiger partial charge in [0.25, 0.3) is 0 Å². The van der Waals surface area contributed by atoms with Gasteiger partial charge in [-0.05, 0) is 42.1 Å². The highest BCUT2D eigenvalue weighted by atomic mass is 35.5. The molecule has 2 rings (SSSR count). The number of thiophene rings is 1. The summed E-state index contributed by atoms with van der Waals surface area (Å²) in [5, 5.41) is 1.98. The van der Waals surface area contributed by atoms with E-state index in [0.29, 0.717) is 0 Å². The lowest BCUT2D eigenvalue weighted by molar-refractivity contribution is 0.0600. The molecule has 0 bridgehead atoms. The van der Waals surface area contributed by atoms with Crippen molar-refractivity contribution < 1.29 is 17.9 Å². The minimum absolute atomic E-state index is 0.0624. The fourth-order valence-electron chi connectivity index (χ4n) is 1.97. The molecule has 0 aliphatic heterocycles. The van der Waals surface area contributed by atoms with Crippen LogP contribution < -0.4 is 0 Å². The van der Waals surface area contributed by atoms with Crippen molar-refractivity contribution >= 4 is 38.9 Å². The van der Waals surface area contributed by atoms with Gasteiger partial charge in [0.05, 0.1) is 17.7 Å². The van der Waals surface area contributed by atoms with Crippen LogP contribution in [-0.4, -0.2) is 32.8 Å². The van der Waals surface area contributed by atoms with Crippen LogP contribution in [0, 0.1) is 6.92 Å². The monoisotopic (exact) mass is 373 g/mol. The van der Waals surface area contributed by atoms with E-state index in [1.54, 1.807) is 0 Å². The number of esters is 1. The van der Waals surface area contributed by atoms with Crippen molar-refractivity contribution in [2.24, 2.45) is 0 Å². The number of ether oxygens (including phenoxy) is 1. The second-order valence-corrected chi connectivity index (χ2v) is 8.35. The lowest BCUT2D eigenvalue weighted by atomic mass is 10.2. The second-order valence-electron chi connectivity index (χ2n) is 4.92. The second kappa shape index (κ2) is 7.00. The largest absolute Gasteiger partial charge is 0.465 e. The third-order valence-electron chi connectivity index (χ3n) is 3.37. The molecule has 0 saturated carbocycles. The standard InChI is InChI=1S/C15H16ClNO4S2/c1-10-6-7-22-13(10)9-17(2)23(19,20)14-8-11(15(18)21-3)4-5-12(14)16/h4-8H,9H2,1-3H3. The molecule has 0 amide bonds. The summed E-state index contributed by atoms with van der Waals surface area (Å²) < 4.78 is 31.3. The molecule has 2 aromatic rings. The van der Waals surface area contributed by atoms with Crippen molar-refractivity contribution in [1.82, 2.24) is 4.31 Å². The van der Waals surface area contributed by atoms with E-state index in [-0.39, 0.29) is 22.0 Å². The number of rotatable bonds is 5. The highest BCUT2D eigenvalue weighted by Gasteiger charge is 2.26. The summed E-state index contributed by atoms with van der Waals surface area (Å²) in [6.07, 6.45) is 0. The molecular formula is C15H16ClNO4S2. The van der Waals surface area contributed by atoms with Crippen LogP contribution in [0.15, 0.2) is 34.5 Å². The summed E-state index contributed by atoms with van der Waals surface area (Å²) in [5.74, 6) is -0.616. The van der Waals surface area contributed by atoms with Crippen molar-refractivity contribution in [1.29, 1.82) is 0 Å². The third-order valence-corrected chi connectivity index (χ3v) is 6.67. The Bertz CT molecular complexity index is 830. The summed E-state index contributed by atoms with van der Waals surface area (Å²) in [7, 11) is -1.11. The van der Waals surface area contributed by atoms with Gasteiger partial charge >= 0.3 is 5.97 Å². The number of sulfonamides is 1. The fourth-order valence-corrected chi connectivity index (χ4v) is 4.64. The zero-order chi connectivity index (χ0) is 17.2. The van der Waals surface area contributed by atoms with Gasteiger partial charge in [0.1, 0.15) is 4.90 Å². The van der Waals surface area contributed by atoms with E-state index >= 15 is 0 Å². The third kappa shape index (κ3) is 3.74. The maximum atomic E-state index is 12.7. The van der Waals surface area contributed by atoms with Crippen molar-refractivity contribution in [3.05, 3.63) is 50.7 Å². The smallest absolute Gasteiger partial charge is 0.337 e. The van der Waals surface area contributed by atoms with Gasteiger partial charge in [-0.1, -0.05) is 11.6 Å². The van der Waals surface area contributed by atoms with E-state index in [4.69, 9.17) is 11.6 Å². The molecule has 8 heteroatoms. The number of carbonyl (C=O) groups is 1. The van der Waals surface area contributed by atoms with Crippen molar-refractivity contribution in [2.45, 2.75) is 18.4 Å². The van der Waals surface area contributed by atoms with Gasteiger partial charge < -0.3 is 4.74 Å². The minimum atomic E-state index is -3.83. The molecular weight excluding hydrogens is 358 g/mol. The normalized spacial score (nSPS) is 11.7. The number of nitrogens with zero attached hydrogens (tertiary/aromatic N) is 1. The van der Waals surface area contributed by atoms with Crippen molar-refractivity contribution in [3.63, 3.8) is 0 Å². The van der Waals surface area contributed by atoms with Crippen LogP contribution in [0.25, 0.3) is 0 Å². The zero-order valence-corrected chi connectivity index (χ0v) is 15.3. The topological polar surface area (TPSA) is 63.7 Å². The molecule has 0 aliphatic rings. The number of hydrogen-bond acceptors (Lipinski definition) is 5. The molecule has 5 nitrogen and oxygen atoms in total. The van der Waals surface area contributed by atoms with E-state index in [2.05, 4.69) is 4.74 Å². The minimum Gasteiger partial charge on any atom is -0.465 e. The Morgan fingerprint density at radius 3 is 2.61 bits per heavy atom. The van der Waals surface area contributed by atoms with Gasteiger partial charge in [-0.15, -0.1) is 11.3 Å². The zero-order valence-electron chi connectivity index (χ0n) is 12.9. The molecule has 124 valence electrons. The summed E-state index contributed by atoms with van der Waals surface area (Å²) in [4.78, 5) is 12.4. The lowest BCUT2D eigenvalue weighted by Gasteiger charge is -2.18. The van der Waals surface area contributed by atoms with E-state index in [1.165, 1.54) is 48.0 Å². The number of methoxy groups -OCH3 is 1. The van der Waals surface area contributed by atoms with Crippen LogP contribution in [0.5, 0.6) is 0 Å². The van der Waals surface area contributed by atoms with Crippen LogP contribution in [0.2, 0.25) is 5.02 Å². The summed E-state index contributed by atoms with van der Waals surface area (Å²) >= 11 is 7.52. The maximum absolute atomic E-state index is 12.7. The van der Waals surface area contributed by atoms with Gasteiger partial charge in [0.15, 0.2) is 0 Å². The van der Waals surface area contributed by atoms with Crippen LogP contribution in [0.3, 0.4) is 0 Å². The van der Waals surface area contributed by atoms with Gasteiger partial charge in [-0.2, -0.15) is 4.31 Å². The van der Waals surface area contributed by atoms with Crippen molar-refractivity contribution in [2.75, 3.05) is 14.2 Å². The average Bonchev–Trinajstić information content (AvgIpc) is 2.91. The van der Waals surface area contributed by atoms with Gasteiger partial charge in [-0.25, -0.2) is 13.2 Å². The van der Waals surface area contributed by atoms with Crippen LogP contribution >= 0.6 is 22.9 Å². The number of carbonyl (C=O) groups excluding carboxylic acids is 1. The summed E-state index contributed by atoms with van der Waals surface area (Å²) in [6, 6.07) is 5.98. The SMILES string of the molecule is COC(=O)c1ccc(Cl)c(S(=O)(=O)N(C)Cc2sccc2C)c1. The van der Waals surface area contributed by atoms with Gasteiger partial charge in [0, 0.05) is 18.5 Å². The molecule has 1 heterocycles. The molecule has 0 spiro atoms. The Kier molecular flexibility index (Phi) is 5.46. The van der Waals surface area contributed by atoms with E-state index < -0.39 is 16.0 Å². The van der Waals surface area contributed by atoms with E-state index in [9.17, 15) is 13.2 Å². The van der Waals surface area contributed by atoms with Gasteiger partial charge in [-0.3, -0.25) is 0 Å².